The van der Waals surface area contributed by atoms with E-state index in [-0.39, 0.29) is 18.7 Å². The third-order valence-corrected chi connectivity index (χ3v) is 3.11. The SMILES string of the molecule is CCC(CNC(=O)N1CC[C@H](OC)C1)C(=O)O. The minimum Gasteiger partial charge on any atom is -0.481 e. The van der Waals surface area contributed by atoms with Crippen molar-refractivity contribution < 1.29 is 19.4 Å². The number of nitrogens with zero attached hydrogens (tertiary/aromatic N) is 1. The number of carboxylic acid groups (broad SMARTS) is 1. The van der Waals surface area contributed by atoms with Crippen LogP contribution in [0, 0.1) is 5.92 Å². The van der Waals surface area contributed by atoms with Crippen molar-refractivity contribution in [1.82, 2.24) is 10.2 Å². The smallest absolute Gasteiger partial charge is 0.317 e. The summed E-state index contributed by atoms with van der Waals surface area (Å²) >= 11 is 0. The highest BCUT2D eigenvalue weighted by Crippen LogP contribution is 2.11. The van der Waals surface area contributed by atoms with Crippen LogP contribution >= 0.6 is 0 Å². The number of nitrogens with one attached hydrogen (secondary N) is 1. The minimum atomic E-state index is -0.871. The fraction of sp³-hybridized carbons (Fsp3) is 0.818. The molecule has 1 aliphatic heterocycles. The van der Waals surface area contributed by atoms with Gasteiger partial charge in [-0.3, -0.25) is 4.79 Å². The number of hydrogen-bond acceptors (Lipinski definition) is 3. The van der Waals surface area contributed by atoms with Crippen LogP contribution in [0.3, 0.4) is 0 Å². The van der Waals surface area contributed by atoms with Crippen molar-refractivity contribution in [3.8, 4) is 0 Å². The molecule has 1 fully saturated rings. The Morgan fingerprint density at radius 3 is 2.76 bits per heavy atom. The molecule has 1 heterocycles. The van der Waals surface area contributed by atoms with Gasteiger partial charge in [0.1, 0.15) is 0 Å². The van der Waals surface area contributed by atoms with Crippen LogP contribution in [-0.4, -0.2) is 54.9 Å². The van der Waals surface area contributed by atoms with Crippen LogP contribution < -0.4 is 5.32 Å². The van der Waals surface area contributed by atoms with Crippen LogP contribution in [0.4, 0.5) is 4.79 Å². The van der Waals surface area contributed by atoms with Gasteiger partial charge in [-0.15, -0.1) is 0 Å². The van der Waals surface area contributed by atoms with Gasteiger partial charge in [0.2, 0.25) is 0 Å². The fourth-order valence-electron chi connectivity index (χ4n) is 1.83. The highest BCUT2D eigenvalue weighted by Gasteiger charge is 2.26. The first-order valence-corrected chi connectivity index (χ1v) is 5.86. The average molecular weight is 244 g/mol. The van der Waals surface area contributed by atoms with Crippen molar-refractivity contribution in [3.05, 3.63) is 0 Å². The van der Waals surface area contributed by atoms with Gasteiger partial charge in [-0.1, -0.05) is 6.92 Å². The molecule has 2 atom stereocenters. The zero-order valence-electron chi connectivity index (χ0n) is 10.3. The van der Waals surface area contributed by atoms with Gasteiger partial charge in [0.25, 0.3) is 0 Å². The molecule has 6 nitrogen and oxygen atoms in total. The zero-order chi connectivity index (χ0) is 12.8. The van der Waals surface area contributed by atoms with E-state index in [1.807, 2.05) is 0 Å². The lowest BCUT2D eigenvalue weighted by atomic mass is 10.1. The van der Waals surface area contributed by atoms with Gasteiger partial charge >= 0.3 is 12.0 Å². The lowest BCUT2D eigenvalue weighted by Crippen LogP contribution is -2.42. The third kappa shape index (κ3) is 3.89. The van der Waals surface area contributed by atoms with Gasteiger partial charge in [0.15, 0.2) is 0 Å². The van der Waals surface area contributed by atoms with E-state index in [2.05, 4.69) is 5.32 Å². The average Bonchev–Trinajstić information content (AvgIpc) is 2.77. The number of ether oxygens (including phenoxy) is 1. The molecule has 17 heavy (non-hydrogen) atoms. The molecule has 1 rings (SSSR count). The van der Waals surface area contributed by atoms with E-state index >= 15 is 0 Å². The van der Waals surface area contributed by atoms with Crippen LogP contribution in [-0.2, 0) is 9.53 Å². The van der Waals surface area contributed by atoms with E-state index in [0.717, 1.165) is 6.42 Å². The molecule has 1 saturated heterocycles. The van der Waals surface area contributed by atoms with Crippen LogP contribution in [0.5, 0.6) is 0 Å². The maximum atomic E-state index is 11.7. The van der Waals surface area contributed by atoms with Gasteiger partial charge in [-0.2, -0.15) is 0 Å². The van der Waals surface area contributed by atoms with Crippen molar-refractivity contribution in [2.45, 2.75) is 25.9 Å². The monoisotopic (exact) mass is 244 g/mol. The molecule has 0 aliphatic carbocycles. The standard InChI is InChI=1S/C11H20N2O4/c1-3-8(10(14)15)6-12-11(16)13-5-4-9(7-13)17-2/h8-9H,3-7H2,1-2H3,(H,12,16)(H,14,15)/t8?,9-/m0/s1. The summed E-state index contributed by atoms with van der Waals surface area (Å²) in [5, 5.41) is 11.5. The lowest BCUT2D eigenvalue weighted by molar-refractivity contribution is -0.141. The van der Waals surface area contributed by atoms with E-state index in [0.29, 0.717) is 19.5 Å². The number of rotatable bonds is 5. The molecule has 0 aromatic heterocycles. The Labute approximate surface area is 101 Å². The Balaban J connectivity index is 2.32. The summed E-state index contributed by atoms with van der Waals surface area (Å²) in [4.78, 5) is 24.1. The molecule has 0 spiro atoms. The summed E-state index contributed by atoms with van der Waals surface area (Å²) in [7, 11) is 1.63. The van der Waals surface area contributed by atoms with Gasteiger partial charge < -0.3 is 20.1 Å². The van der Waals surface area contributed by atoms with Crippen molar-refractivity contribution in [2.24, 2.45) is 5.92 Å². The molecule has 0 aromatic rings. The number of methoxy groups -OCH3 is 1. The van der Waals surface area contributed by atoms with Crippen LogP contribution in [0.25, 0.3) is 0 Å². The molecule has 98 valence electrons. The highest BCUT2D eigenvalue weighted by molar-refractivity contribution is 5.76. The summed E-state index contributed by atoms with van der Waals surface area (Å²) in [6.45, 7) is 3.21. The van der Waals surface area contributed by atoms with Gasteiger partial charge in [0, 0.05) is 26.7 Å². The molecule has 6 heteroatoms. The van der Waals surface area contributed by atoms with E-state index in [9.17, 15) is 9.59 Å². The van der Waals surface area contributed by atoms with Crippen molar-refractivity contribution in [2.75, 3.05) is 26.7 Å². The maximum absolute atomic E-state index is 11.7. The van der Waals surface area contributed by atoms with Crippen molar-refractivity contribution >= 4 is 12.0 Å². The zero-order valence-corrected chi connectivity index (χ0v) is 10.3. The minimum absolute atomic E-state index is 0.0993. The second-order valence-electron chi connectivity index (χ2n) is 4.22. The van der Waals surface area contributed by atoms with E-state index in [1.165, 1.54) is 0 Å². The Kier molecular flexibility index (Phi) is 5.21. The number of likely N-dealkylation sites (tertiary alicyclic amines) is 1. The number of carbonyl (C=O) groups is 2. The Bertz CT molecular complexity index is 283. The van der Waals surface area contributed by atoms with Crippen LogP contribution in [0.1, 0.15) is 19.8 Å². The molecule has 0 saturated carbocycles. The summed E-state index contributed by atoms with van der Waals surface area (Å²) in [6.07, 6.45) is 1.44. The molecule has 2 amide bonds. The number of amides is 2. The predicted molar refractivity (Wildman–Crippen MR) is 61.8 cm³/mol. The summed E-state index contributed by atoms with van der Waals surface area (Å²) in [6, 6.07) is -0.204. The highest BCUT2D eigenvalue weighted by atomic mass is 16.5. The summed E-state index contributed by atoms with van der Waals surface area (Å²) in [5.41, 5.74) is 0. The number of aliphatic carboxylic acids is 1. The third-order valence-electron chi connectivity index (χ3n) is 3.11. The van der Waals surface area contributed by atoms with Gasteiger partial charge in [-0.25, -0.2) is 4.79 Å². The normalized spacial score (nSPS) is 21.3. The Morgan fingerprint density at radius 1 is 1.59 bits per heavy atom. The number of carboxylic acids is 1. The van der Waals surface area contributed by atoms with Crippen LogP contribution in [0.15, 0.2) is 0 Å². The first-order valence-electron chi connectivity index (χ1n) is 5.86. The first-order chi connectivity index (χ1) is 8.08. The van der Waals surface area contributed by atoms with E-state index in [4.69, 9.17) is 9.84 Å². The largest absolute Gasteiger partial charge is 0.481 e. The second kappa shape index (κ2) is 6.44. The molecule has 0 bridgehead atoms. The van der Waals surface area contributed by atoms with Crippen LogP contribution in [0.2, 0.25) is 0 Å². The molecule has 1 unspecified atom stereocenters. The summed E-state index contributed by atoms with van der Waals surface area (Å²) in [5.74, 6) is -1.39. The van der Waals surface area contributed by atoms with Gasteiger partial charge in [-0.05, 0) is 12.8 Å². The van der Waals surface area contributed by atoms with Crippen molar-refractivity contribution in [1.29, 1.82) is 0 Å². The molecule has 0 aromatic carbocycles. The first kappa shape index (κ1) is 13.8. The predicted octanol–water partition coefficient (Wildman–Crippen LogP) is 0.527. The number of urea groups is 1. The molecular formula is C11H20N2O4. The number of carbonyl (C=O) groups excluding carboxylic acids is 1. The summed E-state index contributed by atoms with van der Waals surface area (Å²) < 4.78 is 5.16. The Morgan fingerprint density at radius 2 is 2.29 bits per heavy atom. The second-order valence-corrected chi connectivity index (χ2v) is 4.22. The van der Waals surface area contributed by atoms with E-state index in [1.54, 1.807) is 18.9 Å². The number of hydrogen-bond donors (Lipinski definition) is 2. The quantitative estimate of drug-likeness (QED) is 0.739. The van der Waals surface area contributed by atoms with Crippen molar-refractivity contribution in [3.63, 3.8) is 0 Å². The molecule has 2 N–H and O–H groups in total. The molecule has 1 aliphatic rings. The van der Waals surface area contributed by atoms with Gasteiger partial charge in [0.05, 0.1) is 12.0 Å². The van der Waals surface area contributed by atoms with E-state index < -0.39 is 11.9 Å². The molecule has 0 radical (unpaired) electrons. The maximum Gasteiger partial charge on any atom is 0.317 e. The topological polar surface area (TPSA) is 78.9 Å². The molecular weight excluding hydrogens is 224 g/mol. The fourth-order valence-corrected chi connectivity index (χ4v) is 1.83. The Hall–Kier alpha value is -1.30. The lowest BCUT2D eigenvalue weighted by Gasteiger charge is -2.18.